The van der Waals surface area contributed by atoms with Crippen LogP contribution in [0.25, 0.3) is 11.0 Å². The molecule has 2 heterocycles. The van der Waals surface area contributed by atoms with Gasteiger partial charge < -0.3 is 15.7 Å². The van der Waals surface area contributed by atoms with Gasteiger partial charge in [-0.15, -0.1) is 0 Å². The van der Waals surface area contributed by atoms with E-state index in [1.54, 1.807) is 24.3 Å². The zero-order valence-electron chi connectivity index (χ0n) is 15.1. The summed E-state index contributed by atoms with van der Waals surface area (Å²) in [5.41, 5.74) is 3.90. The van der Waals surface area contributed by atoms with Gasteiger partial charge in [0.25, 0.3) is 11.8 Å². The third-order valence-corrected chi connectivity index (χ3v) is 4.33. The quantitative estimate of drug-likeness (QED) is 0.474. The first-order chi connectivity index (χ1) is 14.3. The van der Waals surface area contributed by atoms with E-state index in [9.17, 15) is 22.8 Å². The number of primary amides is 1. The minimum Gasteiger partial charge on any atom is -0.364 e. The number of rotatable bonds is 4. The minimum atomic E-state index is -4.75. The molecule has 11 heteroatoms. The van der Waals surface area contributed by atoms with Gasteiger partial charge in [-0.25, -0.2) is 14.9 Å². The van der Waals surface area contributed by atoms with Crippen molar-refractivity contribution < 1.29 is 22.8 Å². The highest BCUT2D eigenvalue weighted by Crippen LogP contribution is 2.39. The standard InChI is InChI=1S/C19H13F3N6O2/c20-19(21,22)10-5-1-4-8-13(10)28(17(30)15-14(16(23)29)24-9-25-15)18-26-11-6-2-3-7-12(11)27-18/h1-9H,(H2,23,29)(H,24,25)(H,26,27). The first-order valence-corrected chi connectivity index (χ1v) is 8.56. The Morgan fingerprint density at radius 3 is 2.43 bits per heavy atom. The molecule has 2 aromatic heterocycles. The van der Waals surface area contributed by atoms with E-state index in [4.69, 9.17) is 5.73 Å². The normalized spacial score (nSPS) is 11.6. The Labute approximate surface area is 166 Å². The predicted molar refractivity (Wildman–Crippen MR) is 101 cm³/mol. The lowest BCUT2D eigenvalue weighted by Gasteiger charge is -2.23. The molecule has 0 saturated carbocycles. The lowest BCUT2D eigenvalue weighted by atomic mass is 10.1. The van der Waals surface area contributed by atoms with Crippen LogP contribution in [0, 0.1) is 0 Å². The number of para-hydroxylation sites is 3. The maximum Gasteiger partial charge on any atom is 0.418 e. The molecule has 30 heavy (non-hydrogen) atoms. The molecule has 8 nitrogen and oxygen atoms in total. The molecule has 0 bridgehead atoms. The number of alkyl halides is 3. The summed E-state index contributed by atoms with van der Waals surface area (Å²) in [4.78, 5) is 38.9. The molecule has 2 amide bonds. The number of hydrogen-bond donors (Lipinski definition) is 3. The van der Waals surface area contributed by atoms with Crippen molar-refractivity contribution in [2.24, 2.45) is 5.73 Å². The Morgan fingerprint density at radius 1 is 1.03 bits per heavy atom. The highest BCUT2D eigenvalue weighted by Gasteiger charge is 2.38. The Kier molecular flexibility index (Phi) is 4.49. The van der Waals surface area contributed by atoms with E-state index in [1.165, 1.54) is 12.1 Å². The van der Waals surface area contributed by atoms with Gasteiger partial charge >= 0.3 is 6.18 Å². The minimum absolute atomic E-state index is 0.170. The average molecular weight is 414 g/mol. The molecule has 0 unspecified atom stereocenters. The van der Waals surface area contributed by atoms with Crippen molar-refractivity contribution in [3.63, 3.8) is 0 Å². The van der Waals surface area contributed by atoms with Gasteiger partial charge in [0.15, 0.2) is 5.69 Å². The molecule has 0 atom stereocenters. The monoisotopic (exact) mass is 414 g/mol. The number of nitrogens with one attached hydrogen (secondary N) is 2. The number of anilines is 2. The Hall–Kier alpha value is -4.15. The van der Waals surface area contributed by atoms with Crippen LogP contribution in [0.15, 0.2) is 54.9 Å². The molecular weight excluding hydrogens is 401 g/mol. The molecule has 0 aliphatic heterocycles. The van der Waals surface area contributed by atoms with Crippen molar-refractivity contribution in [2.45, 2.75) is 6.18 Å². The average Bonchev–Trinajstić information content (AvgIpc) is 3.35. The van der Waals surface area contributed by atoms with Gasteiger partial charge in [-0.3, -0.25) is 9.59 Å². The first kappa shape index (κ1) is 19.2. The molecular formula is C19H13F3N6O2. The number of fused-ring (bicyclic) bond motifs is 1. The predicted octanol–water partition coefficient (Wildman–Crippen LogP) is 3.38. The molecule has 2 aromatic carbocycles. The summed E-state index contributed by atoms with van der Waals surface area (Å²) in [5.74, 6) is -2.17. The maximum atomic E-state index is 13.7. The third kappa shape index (κ3) is 3.26. The van der Waals surface area contributed by atoms with Gasteiger partial charge in [0.1, 0.15) is 5.69 Å². The number of H-pyrrole nitrogens is 2. The van der Waals surface area contributed by atoms with E-state index >= 15 is 0 Å². The fraction of sp³-hybridized carbons (Fsp3) is 0.0526. The summed E-state index contributed by atoms with van der Waals surface area (Å²) in [6.45, 7) is 0. The Balaban J connectivity index is 1.96. The smallest absolute Gasteiger partial charge is 0.364 e. The van der Waals surface area contributed by atoms with Gasteiger partial charge in [0.05, 0.1) is 28.6 Å². The van der Waals surface area contributed by atoms with Crippen molar-refractivity contribution in [1.82, 2.24) is 19.9 Å². The molecule has 0 fully saturated rings. The molecule has 0 radical (unpaired) electrons. The molecule has 0 spiro atoms. The van der Waals surface area contributed by atoms with E-state index < -0.39 is 34.9 Å². The van der Waals surface area contributed by atoms with E-state index in [2.05, 4.69) is 19.9 Å². The second-order valence-electron chi connectivity index (χ2n) is 6.22. The van der Waals surface area contributed by atoms with Crippen LogP contribution < -0.4 is 10.6 Å². The van der Waals surface area contributed by atoms with E-state index in [0.29, 0.717) is 11.0 Å². The third-order valence-electron chi connectivity index (χ3n) is 4.33. The largest absolute Gasteiger partial charge is 0.418 e. The number of nitrogens with zero attached hydrogens (tertiary/aromatic N) is 3. The number of aromatic nitrogens is 4. The van der Waals surface area contributed by atoms with Crippen molar-refractivity contribution >= 4 is 34.5 Å². The van der Waals surface area contributed by atoms with Crippen LogP contribution in [0.4, 0.5) is 24.8 Å². The summed E-state index contributed by atoms with van der Waals surface area (Å²) in [6.07, 6.45) is -3.70. The number of aromatic amines is 2. The van der Waals surface area contributed by atoms with Crippen molar-refractivity contribution in [2.75, 3.05) is 4.90 Å². The van der Waals surface area contributed by atoms with Crippen molar-refractivity contribution in [1.29, 1.82) is 0 Å². The zero-order valence-corrected chi connectivity index (χ0v) is 15.1. The highest BCUT2D eigenvalue weighted by molar-refractivity contribution is 6.14. The van der Waals surface area contributed by atoms with Crippen LogP contribution >= 0.6 is 0 Å². The number of halogens is 3. The van der Waals surface area contributed by atoms with Crippen LogP contribution in [-0.2, 0) is 6.18 Å². The van der Waals surface area contributed by atoms with Gasteiger partial charge in [-0.2, -0.15) is 13.2 Å². The fourth-order valence-electron chi connectivity index (χ4n) is 3.02. The number of nitrogens with two attached hydrogens (primary N) is 1. The Morgan fingerprint density at radius 2 is 1.73 bits per heavy atom. The van der Waals surface area contributed by atoms with E-state index in [-0.39, 0.29) is 11.6 Å². The summed E-state index contributed by atoms with van der Waals surface area (Å²) in [7, 11) is 0. The van der Waals surface area contributed by atoms with E-state index in [0.717, 1.165) is 23.4 Å². The van der Waals surface area contributed by atoms with E-state index in [1.807, 2.05) is 0 Å². The summed E-state index contributed by atoms with van der Waals surface area (Å²) >= 11 is 0. The second kappa shape index (κ2) is 7.03. The lowest BCUT2D eigenvalue weighted by molar-refractivity contribution is -0.137. The number of benzene rings is 2. The summed E-state index contributed by atoms with van der Waals surface area (Å²) < 4.78 is 41.0. The van der Waals surface area contributed by atoms with Crippen LogP contribution in [-0.4, -0.2) is 31.8 Å². The van der Waals surface area contributed by atoms with Gasteiger partial charge in [0, 0.05) is 0 Å². The van der Waals surface area contributed by atoms with Crippen molar-refractivity contribution in [3.8, 4) is 0 Å². The SMILES string of the molecule is NC(=O)c1[nH]cnc1C(=O)N(c1nc2ccccc2[nH]1)c1ccccc1C(F)(F)F. The summed E-state index contributed by atoms with van der Waals surface area (Å²) in [6, 6.07) is 11.2. The molecule has 4 aromatic rings. The van der Waals surface area contributed by atoms with Crippen LogP contribution in [0.5, 0.6) is 0 Å². The molecule has 4 rings (SSSR count). The Bertz CT molecular complexity index is 1230. The van der Waals surface area contributed by atoms with Crippen molar-refractivity contribution in [3.05, 3.63) is 71.8 Å². The topological polar surface area (TPSA) is 121 Å². The zero-order chi connectivity index (χ0) is 21.5. The summed E-state index contributed by atoms with van der Waals surface area (Å²) in [5, 5.41) is 0. The van der Waals surface area contributed by atoms with Gasteiger partial charge in [0.2, 0.25) is 5.95 Å². The first-order valence-electron chi connectivity index (χ1n) is 8.56. The number of hydrogen-bond acceptors (Lipinski definition) is 4. The van der Waals surface area contributed by atoms with Crippen LogP contribution in [0.3, 0.4) is 0 Å². The molecule has 0 saturated heterocycles. The number of carbonyl (C=O) groups excluding carboxylic acids is 2. The van der Waals surface area contributed by atoms with Crippen LogP contribution in [0.2, 0.25) is 0 Å². The number of carbonyl (C=O) groups is 2. The fourth-order valence-corrected chi connectivity index (χ4v) is 3.02. The second-order valence-corrected chi connectivity index (χ2v) is 6.22. The molecule has 0 aliphatic carbocycles. The number of imidazole rings is 2. The number of amides is 2. The molecule has 152 valence electrons. The maximum absolute atomic E-state index is 13.7. The highest BCUT2D eigenvalue weighted by atomic mass is 19.4. The lowest BCUT2D eigenvalue weighted by Crippen LogP contribution is -2.31. The van der Waals surface area contributed by atoms with Crippen LogP contribution in [0.1, 0.15) is 26.5 Å². The molecule has 0 aliphatic rings. The van der Waals surface area contributed by atoms with Gasteiger partial charge in [-0.05, 0) is 24.3 Å². The molecule has 4 N–H and O–H groups in total. The van der Waals surface area contributed by atoms with Gasteiger partial charge in [-0.1, -0.05) is 24.3 Å².